The zero-order valence-corrected chi connectivity index (χ0v) is 25.7. The molecule has 0 saturated carbocycles. The quantitative estimate of drug-likeness (QED) is 0.154. The number of aliphatic imine (C=N–C) groups is 1. The minimum atomic E-state index is -4.59. The highest BCUT2D eigenvalue weighted by molar-refractivity contribution is 6.01. The maximum absolute atomic E-state index is 13.2. The summed E-state index contributed by atoms with van der Waals surface area (Å²) in [5.41, 5.74) is 3.00. The Morgan fingerprint density at radius 1 is 1.20 bits per heavy atom. The standard InChI is InChI=1S/C32H39F3N6O3/c1-7-10-16-27-23(19-41(31(43)40(27)6)24-14-12-11-13-15-24)18-36-22(5)37-26-17-25(38-28(42)9-3)29(21(4)8-2)39-30(26)44-20-32(33,34)35/h9,11-18,21H,3,7-8,10,19-20H2,1-2,4-6H3,(H,36,37)(H,38,42)/b23-18-,27-16-. The van der Waals surface area contributed by atoms with Gasteiger partial charge in [0, 0.05) is 36.1 Å². The lowest BCUT2D eigenvalue weighted by atomic mass is 10.0. The van der Waals surface area contributed by atoms with E-state index in [4.69, 9.17) is 4.74 Å². The number of carbonyl (C=O) groups excluding carboxylic acids is 2. The summed E-state index contributed by atoms with van der Waals surface area (Å²) in [5.74, 6) is -0.650. The molecule has 1 aliphatic rings. The molecule has 1 saturated heterocycles. The Labute approximate surface area is 256 Å². The lowest BCUT2D eigenvalue weighted by Gasteiger charge is -2.36. The van der Waals surface area contributed by atoms with Crippen molar-refractivity contribution >= 4 is 34.8 Å². The maximum atomic E-state index is 13.2. The van der Waals surface area contributed by atoms with E-state index in [1.165, 1.54) is 6.07 Å². The molecule has 12 heteroatoms. The van der Waals surface area contributed by atoms with E-state index in [1.54, 1.807) is 30.0 Å². The molecule has 3 amide bonds. The Morgan fingerprint density at radius 3 is 2.52 bits per heavy atom. The maximum Gasteiger partial charge on any atom is 0.422 e. The van der Waals surface area contributed by atoms with Gasteiger partial charge >= 0.3 is 12.2 Å². The molecule has 44 heavy (non-hydrogen) atoms. The van der Waals surface area contributed by atoms with Crippen molar-refractivity contribution in [2.75, 3.05) is 35.7 Å². The smallest absolute Gasteiger partial charge is 0.422 e. The number of rotatable bonds is 11. The third-order valence-electron chi connectivity index (χ3n) is 6.87. The van der Waals surface area contributed by atoms with Crippen LogP contribution in [0.15, 0.2) is 77.6 Å². The van der Waals surface area contributed by atoms with Crippen LogP contribution in [0.5, 0.6) is 5.88 Å². The molecule has 9 nitrogen and oxygen atoms in total. The number of amidine groups is 1. The second-order valence-corrected chi connectivity index (χ2v) is 10.3. The molecule has 1 aromatic carbocycles. The number of benzene rings is 1. The van der Waals surface area contributed by atoms with E-state index in [0.29, 0.717) is 23.6 Å². The Balaban J connectivity index is 2.04. The molecule has 0 radical (unpaired) electrons. The van der Waals surface area contributed by atoms with Gasteiger partial charge in [0.2, 0.25) is 11.8 Å². The zero-order chi connectivity index (χ0) is 32.4. The molecular formula is C32H39F3N6O3. The van der Waals surface area contributed by atoms with E-state index in [-0.39, 0.29) is 30.1 Å². The number of nitrogens with zero attached hydrogens (tertiary/aromatic N) is 4. The number of pyridine rings is 1. The Hall–Kier alpha value is -4.61. The second kappa shape index (κ2) is 15.2. The van der Waals surface area contributed by atoms with E-state index in [1.807, 2.05) is 57.2 Å². The van der Waals surface area contributed by atoms with Crippen LogP contribution in [-0.2, 0) is 4.79 Å². The first-order valence-electron chi connectivity index (χ1n) is 14.4. The van der Waals surface area contributed by atoms with Gasteiger partial charge < -0.3 is 15.4 Å². The second-order valence-electron chi connectivity index (χ2n) is 10.3. The molecule has 2 N–H and O–H groups in total. The van der Waals surface area contributed by atoms with Crippen molar-refractivity contribution in [2.45, 2.75) is 59.1 Å². The number of hydrogen-bond acceptors (Lipinski definition) is 5. The van der Waals surface area contributed by atoms with Crippen molar-refractivity contribution < 1.29 is 27.5 Å². The molecule has 1 unspecified atom stereocenters. The number of halogens is 3. The molecule has 2 heterocycles. The minimum absolute atomic E-state index is 0.0870. The zero-order valence-electron chi connectivity index (χ0n) is 25.7. The fourth-order valence-corrected chi connectivity index (χ4v) is 4.40. The molecular weight excluding hydrogens is 573 g/mol. The van der Waals surface area contributed by atoms with Crippen LogP contribution in [0.25, 0.3) is 0 Å². The summed E-state index contributed by atoms with van der Waals surface area (Å²) in [6.45, 7) is 9.61. The van der Waals surface area contributed by atoms with Gasteiger partial charge in [-0.15, -0.1) is 0 Å². The van der Waals surface area contributed by atoms with Crippen LogP contribution in [0, 0.1) is 0 Å². The van der Waals surface area contributed by atoms with Crippen LogP contribution in [0.3, 0.4) is 0 Å². The number of carbonyl (C=O) groups is 2. The predicted octanol–water partition coefficient (Wildman–Crippen LogP) is 7.63. The van der Waals surface area contributed by atoms with Crippen LogP contribution in [0.1, 0.15) is 58.6 Å². The van der Waals surface area contributed by atoms with Gasteiger partial charge in [0.1, 0.15) is 11.5 Å². The molecule has 1 aliphatic heterocycles. The van der Waals surface area contributed by atoms with Crippen molar-refractivity contribution in [1.82, 2.24) is 9.88 Å². The number of nitrogens with one attached hydrogen (secondary N) is 2. The van der Waals surface area contributed by atoms with E-state index in [2.05, 4.69) is 27.2 Å². The van der Waals surface area contributed by atoms with E-state index in [0.717, 1.165) is 35.9 Å². The number of unbranched alkanes of at least 4 members (excludes halogenated alkanes) is 1. The van der Waals surface area contributed by atoms with E-state index in [9.17, 15) is 22.8 Å². The first-order chi connectivity index (χ1) is 20.9. The van der Waals surface area contributed by atoms with Crippen LogP contribution >= 0.6 is 0 Å². The Kier molecular flexibility index (Phi) is 11.7. The first kappa shape index (κ1) is 33.9. The number of ether oxygens (including phenoxy) is 1. The average molecular weight is 613 g/mol. The molecule has 0 bridgehead atoms. The van der Waals surface area contributed by atoms with Crippen molar-refractivity contribution in [3.63, 3.8) is 0 Å². The van der Waals surface area contributed by atoms with Gasteiger partial charge in [-0.3, -0.25) is 14.6 Å². The highest BCUT2D eigenvalue weighted by Gasteiger charge is 2.31. The highest BCUT2D eigenvalue weighted by Crippen LogP contribution is 2.35. The van der Waals surface area contributed by atoms with Crippen molar-refractivity contribution in [3.05, 3.63) is 78.3 Å². The largest absolute Gasteiger partial charge is 0.467 e. The van der Waals surface area contributed by atoms with Crippen LogP contribution in [-0.4, -0.2) is 54.0 Å². The summed E-state index contributed by atoms with van der Waals surface area (Å²) in [7, 11) is 1.70. The minimum Gasteiger partial charge on any atom is -0.467 e. The van der Waals surface area contributed by atoms with Gasteiger partial charge in [-0.1, -0.05) is 58.0 Å². The lowest BCUT2D eigenvalue weighted by molar-refractivity contribution is -0.154. The van der Waals surface area contributed by atoms with Crippen molar-refractivity contribution in [3.8, 4) is 5.88 Å². The summed E-state index contributed by atoms with van der Waals surface area (Å²) in [6.07, 6.45) is 2.37. The number of likely N-dealkylation sites (N-methyl/N-ethyl adjacent to an activating group) is 1. The lowest BCUT2D eigenvalue weighted by Crippen LogP contribution is -2.47. The number of aromatic nitrogens is 1. The first-order valence-corrected chi connectivity index (χ1v) is 14.4. The molecule has 0 aliphatic carbocycles. The van der Waals surface area contributed by atoms with Gasteiger partial charge in [0.15, 0.2) is 6.61 Å². The van der Waals surface area contributed by atoms with Gasteiger partial charge in [-0.2, -0.15) is 13.2 Å². The van der Waals surface area contributed by atoms with Crippen LogP contribution in [0.2, 0.25) is 0 Å². The van der Waals surface area contributed by atoms with Gasteiger partial charge in [-0.05, 0) is 44.0 Å². The summed E-state index contributed by atoms with van der Waals surface area (Å²) in [6, 6.07) is 10.6. The normalized spacial score (nSPS) is 16.7. The van der Waals surface area contributed by atoms with Crippen molar-refractivity contribution in [1.29, 1.82) is 0 Å². The van der Waals surface area contributed by atoms with Gasteiger partial charge in [0.25, 0.3) is 0 Å². The average Bonchev–Trinajstić information content (AvgIpc) is 3.00. The topological polar surface area (TPSA) is 99.2 Å². The Bertz CT molecular complexity index is 1440. The van der Waals surface area contributed by atoms with Gasteiger partial charge in [0.05, 0.1) is 17.9 Å². The fraction of sp³-hybridized carbons (Fsp3) is 0.375. The van der Waals surface area contributed by atoms with Crippen LogP contribution in [0.4, 0.5) is 35.0 Å². The third kappa shape index (κ3) is 8.95. The van der Waals surface area contributed by atoms with Gasteiger partial charge in [-0.25, -0.2) is 14.8 Å². The number of allylic oxidation sites excluding steroid dienone is 1. The van der Waals surface area contributed by atoms with Crippen molar-refractivity contribution in [2.24, 2.45) is 4.99 Å². The van der Waals surface area contributed by atoms with E-state index < -0.39 is 18.7 Å². The molecule has 0 spiro atoms. The summed E-state index contributed by atoms with van der Waals surface area (Å²) in [4.78, 5) is 37.5. The molecule has 1 aromatic heterocycles. The van der Waals surface area contributed by atoms with Crippen LogP contribution < -0.4 is 20.3 Å². The fourth-order valence-electron chi connectivity index (χ4n) is 4.40. The number of amides is 3. The molecule has 236 valence electrons. The monoisotopic (exact) mass is 612 g/mol. The molecule has 1 fully saturated rings. The summed E-state index contributed by atoms with van der Waals surface area (Å²) >= 11 is 0. The Morgan fingerprint density at radius 2 is 1.91 bits per heavy atom. The summed E-state index contributed by atoms with van der Waals surface area (Å²) in [5, 5.41) is 5.67. The third-order valence-corrected chi connectivity index (χ3v) is 6.87. The molecule has 1 atom stereocenters. The molecule has 2 aromatic rings. The predicted molar refractivity (Wildman–Crippen MR) is 168 cm³/mol. The summed E-state index contributed by atoms with van der Waals surface area (Å²) < 4.78 is 44.4. The number of anilines is 3. The number of urea groups is 1. The number of para-hydroxylation sites is 1. The highest BCUT2D eigenvalue weighted by atomic mass is 19.4. The number of hydrogen-bond donors (Lipinski definition) is 2. The number of alkyl halides is 3. The molecule has 3 rings (SSSR count). The SMILES string of the molecule is C=CC(=O)Nc1cc(NC(C)=N/C=C2/CN(c3ccccc3)C(=O)N(C)/C2=C\CCC)c(OCC(F)(F)F)nc1C(C)CC. The van der Waals surface area contributed by atoms with E-state index >= 15 is 0 Å².